The molecule has 0 atom stereocenters. The lowest BCUT2D eigenvalue weighted by Gasteiger charge is -2.35. The third-order valence-corrected chi connectivity index (χ3v) is 8.30. The van der Waals surface area contributed by atoms with Crippen molar-refractivity contribution in [3.8, 4) is 11.1 Å². The number of benzene rings is 1. The van der Waals surface area contributed by atoms with E-state index in [1.807, 2.05) is 23.2 Å². The van der Waals surface area contributed by atoms with E-state index >= 15 is 0 Å². The first-order valence-electron chi connectivity index (χ1n) is 11.6. The van der Waals surface area contributed by atoms with Crippen LogP contribution in [0.1, 0.15) is 44.2 Å². The Bertz CT molecular complexity index is 1040. The van der Waals surface area contributed by atoms with Gasteiger partial charge >= 0.3 is 6.18 Å². The number of sulfone groups is 1. The molecule has 33 heavy (non-hydrogen) atoms. The van der Waals surface area contributed by atoms with Crippen LogP contribution in [0.25, 0.3) is 11.1 Å². The summed E-state index contributed by atoms with van der Waals surface area (Å²) in [5, 5.41) is 0. The predicted molar refractivity (Wildman–Crippen MR) is 123 cm³/mol. The zero-order valence-corrected chi connectivity index (χ0v) is 19.8. The molecular formula is C25H31F3N2O2S. The van der Waals surface area contributed by atoms with Crippen LogP contribution in [0, 0.1) is 11.3 Å². The maximum atomic E-state index is 13.2. The lowest BCUT2D eigenvalue weighted by atomic mass is 9.90. The Hall–Kier alpha value is -1.93. The highest BCUT2D eigenvalue weighted by molar-refractivity contribution is 7.90. The molecular weight excluding hydrogens is 449 g/mol. The summed E-state index contributed by atoms with van der Waals surface area (Å²) in [6, 6.07) is 10.8. The van der Waals surface area contributed by atoms with Crippen LogP contribution >= 0.6 is 0 Å². The number of nitrogens with zero attached hydrogens (tertiary/aromatic N) is 2. The van der Waals surface area contributed by atoms with Gasteiger partial charge in [0.2, 0.25) is 0 Å². The molecule has 0 radical (unpaired) electrons. The van der Waals surface area contributed by atoms with Gasteiger partial charge in [0.05, 0.1) is 10.3 Å². The van der Waals surface area contributed by atoms with Crippen molar-refractivity contribution in [2.75, 3.05) is 25.9 Å². The Labute approximate surface area is 194 Å². The highest BCUT2D eigenvalue weighted by atomic mass is 32.2. The zero-order valence-electron chi connectivity index (χ0n) is 18.9. The Balaban J connectivity index is 1.20. The maximum absolute atomic E-state index is 13.2. The Kier molecular flexibility index (Phi) is 6.87. The molecule has 1 aromatic carbocycles. The molecule has 2 heterocycles. The van der Waals surface area contributed by atoms with E-state index < -0.39 is 21.4 Å². The number of hydrogen-bond acceptors (Lipinski definition) is 4. The van der Waals surface area contributed by atoms with E-state index in [1.54, 1.807) is 24.3 Å². The normalized spacial score (nSPS) is 19.5. The number of pyridine rings is 1. The Morgan fingerprint density at radius 3 is 2.18 bits per heavy atom. The highest BCUT2D eigenvalue weighted by Crippen LogP contribution is 2.58. The molecule has 0 spiro atoms. The van der Waals surface area contributed by atoms with E-state index in [4.69, 9.17) is 0 Å². The number of rotatable bonds is 8. The minimum atomic E-state index is -4.06. The fraction of sp³-hybridized carbons (Fsp3) is 0.560. The third kappa shape index (κ3) is 5.96. The van der Waals surface area contributed by atoms with Crippen LogP contribution in [0.15, 0.2) is 47.5 Å². The van der Waals surface area contributed by atoms with Crippen molar-refractivity contribution in [3.63, 3.8) is 0 Å². The molecule has 2 aromatic rings. The quantitative estimate of drug-likeness (QED) is 0.499. The van der Waals surface area contributed by atoms with Crippen LogP contribution in [0.2, 0.25) is 0 Å². The second kappa shape index (κ2) is 9.37. The van der Waals surface area contributed by atoms with Gasteiger partial charge in [-0.3, -0.25) is 4.98 Å². The highest BCUT2D eigenvalue weighted by Gasteiger charge is 2.63. The van der Waals surface area contributed by atoms with Gasteiger partial charge < -0.3 is 4.90 Å². The third-order valence-electron chi connectivity index (χ3n) is 7.17. The SMILES string of the molecule is CS(=O)(=O)c1ccc(-c2ccc(CCCC3CCN(CC4(C(F)(F)F)CC4)CC3)nc2)cc1. The molecule has 1 saturated carbocycles. The maximum Gasteiger partial charge on any atom is 0.395 e. The molecule has 0 N–H and O–H groups in total. The topological polar surface area (TPSA) is 50.3 Å². The number of piperidine rings is 1. The molecule has 2 aliphatic rings. The summed E-state index contributed by atoms with van der Waals surface area (Å²) in [7, 11) is -3.21. The van der Waals surface area contributed by atoms with Gasteiger partial charge in [0.15, 0.2) is 9.84 Å². The zero-order chi connectivity index (χ0) is 23.7. The molecule has 4 nitrogen and oxygen atoms in total. The largest absolute Gasteiger partial charge is 0.395 e. The standard InChI is InChI=1S/C25H31F3N2O2S/c1-33(31,32)23-9-6-20(7-10-23)21-5-8-22(29-17-21)4-2-3-19-11-15-30(16-12-19)18-24(13-14-24)25(26,27)28/h5-10,17,19H,2-4,11-16,18H2,1H3. The number of alkyl halides is 3. The molecule has 1 aliphatic carbocycles. The molecule has 0 amide bonds. The fourth-order valence-corrected chi connectivity index (χ4v) is 5.38. The molecule has 2 fully saturated rings. The first-order valence-corrected chi connectivity index (χ1v) is 13.5. The summed E-state index contributed by atoms with van der Waals surface area (Å²) >= 11 is 0. The average molecular weight is 481 g/mol. The number of hydrogen-bond donors (Lipinski definition) is 0. The smallest absolute Gasteiger partial charge is 0.302 e. The summed E-state index contributed by atoms with van der Waals surface area (Å²) in [5.74, 6) is 0.579. The minimum Gasteiger partial charge on any atom is -0.302 e. The van der Waals surface area contributed by atoms with Gasteiger partial charge in [-0.2, -0.15) is 13.2 Å². The second-order valence-corrected chi connectivity index (χ2v) is 11.7. The van der Waals surface area contributed by atoms with E-state index in [9.17, 15) is 21.6 Å². The number of halogens is 3. The molecule has 0 bridgehead atoms. The monoisotopic (exact) mass is 480 g/mol. The average Bonchev–Trinajstić information content (AvgIpc) is 3.56. The molecule has 1 aliphatic heterocycles. The van der Waals surface area contributed by atoms with Crippen LogP contribution in [-0.2, 0) is 16.3 Å². The first-order chi connectivity index (χ1) is 15.6. The van der Waals surface area contributed by atoms with E-state index in [0.717, 1.165) is 62.0 Å². The molecule has 180 valence electrons. The van der Waals surface area contributed by atoms with Crippen LogP contribution < -0.4 is 0 Å². The number of aryl methyl sites for hydroxylation is 1. The van der Waals surface area contributed by atoms with Crippen LogP contribution in [0.3, 0.4) is 0 Å². The lowest BCUT2D eigenvalue weighted by Crippen LogP contribution is -2.42. The summed E-state index contributed by atoms with van der Waals surface area (Å²) in [5.41, 5.74) is 1.46. The van der Waals surface area contributed by atoms with E-state index in [1.165, 1.54) is 6.26 Å². The van der Waals surface area contributed by atoms with E-state index in [-0.39, 0.29) is 19.4 Å². The van der Waals surface area contributed by atoms with Crippen LogP contribution in [0.5, 0.6) is 0 Å². The van der Waals surface area contributed by atoms with Crippen LogP contribution in [0.4, 0.5) is 13.2 Å². The minimum absolute atomic E-state index is 0.177. The first kappa shape index (κ1) is 24.2. The molecule has 0 unspecified atom stereocenters. The predicted octanol–water partition coefficient (Wildman–Crippen LogP) is 5.53. The van der Waals surface area contributed by atoms with Gasteiger partial charge in [-0.1, -0.05) is 18.2 Å². The lowest BCUT2D eigenvalue weighted by molar-refractivity contribution is -0.192. The van der Waals surface area contributed by atoms with Crippen molar-refractivity contribution in [1.82, 2.24) is 9.88 Å². The second-order valence-electron chi connectivity index (χ2n) is 9.72. The molecule has 1 aromatic heterocycles. The van der Waals surface area contributed by atoms with Gasteiger partial charge in [-0.05, 0) is 87.7 Å². The molecule has 4 rings (SSSR count). The van der Waals surface area contributed by atoms with Gasteiger partial charge in [-0.25, -0.2) is 8.42 Å². The van der Waals surface area contributed by atoms with E-state index in [2.05, 4.69) is 4.98 Å². The van der Waals surface area contributed by atoms with Crippen molar-refractivity contribution < 1.29 is 21.6 Å². The van der Waals surface area contributed by atoms with Crippen molar-refractivity contribution in [3.05, 3.63) is 48.3 Å². The molecule has 8 heteroatoms. The summed E-state index contributed by atoms with van der Waals surface area (Å²) < 4.78 is 62.7. The summed E-state index contributed by atoms with van der Waals surface area (Å²) in [4.78, 5) is 6.87. The van der Waals surface area contributed by atoms with Gasteiger partial charge in [-0.15, -0.1) is 0 Å². The fourth-order valence-electron chi connectivity index (χ4n) is 4.75. The van der Waals surface area contributed by atoms with Gasteiger partial charge in [0.25, 0.3) is 0 Å². The number of aromatic nitrogens is 1. The van der Waals surface area contributed by atoms with Crippen LogP contribution in [-0.4, -0.2) is 50.4 Å². The van der Waals surface area contributed by atoms with E-state index in [0.29, 0.717) is 10.8 Å². The van der Waals surface area contributed by atoms with Crippen molar-refractivity contribution >= 4 is 9.84 Å². The summed E-state index contributed by atoms with van der Waals surface area (Å²) in [6.07, 6.45) is 4.45. The Morgan fingerprint density at radius 2 is 1.67 bits per heavy atom. The van der Waals surface area contributed by atoms with Crippen molar-refractivity contribution in [2.45, 2.75) is 56.0 Å². The molecule has 1 saturated heterocycles. The van der Waals surface area contributed by atoms with Crippen molar-refractivity contribution in [2.24, 2.45) is 11.3 Å². The Morgan fingerprint density at radius 1 is 1.03 bits per heavy atom. The van der Waals surface area contributed by atoms with Gasteiger partial charge in [0.1, 0.15) is 0 Å². The summed E-state index contributed by atoms with van der Waals surface area (Å²) in [6.45, 7) is 1.72. The van der Waals surface area contributed by atoms with Gasteiger partial charge in [0, 0.05) is 30.3 Å². The number of likely N-dealkylation sites (tertiary alicyclic amines) is 1. The van der Waals surface area contributed by atoms with Crippen molar-refractivity contribution in [1.29, 1.82) is 0 Å².